The molecule has 19 heavy (non-hydrogen) atoms. The van der Waals surface area contributed by atoms with Crippen molar-refractivity contribution in [1.82, 2.24) is 5.32 Å². The molecule has 1 fully saturated rings. The number of benzene rings is 1. The highest BCUT2D eigenvalue weighted by atomic mass is 16.6. The molecule has 1 aromatic carbocycles. The van der Waals surface area contributed by atoms with Crippen molar-refractivity contribution in [3.05, 3.63) is 39.9 Å². The lowest BCUT2D eigenvalue weighted by Crippen LogP contribution is -2.38. The molecule has 3 atom stereocenters. The third-order valence-electron chi connectivity index (χ3n) is 4.15. The third-order valence-corrected chi connectivity index (χ3v) is 4.15. The normalized spacial score (nSPS) is 27.2. The Labute approximate surface area is 114 Å². The van der Waals surface area contributed by atoms with Crippen LogP contribution in [0.25, 0.3) is 0 Å². The van der Waals surface area contributed by atoms with Crippen molar-refractivity contribution in [2.45, 2.75) is 45.7 Å². The topological polar surface area (TPSA) is 55.2 Å². The summed E-state index contributed by atoms with van der Waals surface area (Å²) in [6.07, 6.45) is 3.81. The molecule has 1 aromatic rings. The van der Waals surface area contributed by atoms with E-state index < -0.39 is 0 Å². The van der Waals surface area contributed by atoms with E-state index in [1.165, 1.54) is 19.3 Å². The SMILES string of the molecule is CC1CCC(NCc2ccc([N+](=O)[O-])cc2)C(C)C1. The highest BCUT2D eigenvalue weighted by Gasteiger charge is 2.24. The molecule has 2 rings (SSSR count). The molecule has 0 spiro atoms. The van der Waals surface area contributed by atoms with E-state index in [1.807, 2.05) is 12.1 Å². The summed E-state index contributed by atoms with van der Waals surface area (Å²) in [4.78, 5) is 10.2. The van der Waals surface area contributed by atoms with Crippen molar-refractivity contribution in [1.29, 1.82) is 0 Å². The van der Waals surface area contributed by atoms with Gasteiger partial charge in [-0.1, -0.05) is 26.0 Å². The molecule has 1 saturated carbocycles. The van der Waals surface area contributed by atoms with Gasteiger partial charge < -0.3 is 5.32 Å². The van der Waals surface area contributed by atoms with Gasteiger partial charge in [-0.15, -0.1) is 0 Å². The second-order valence-corrected chi connectivity index (χ2v) is 5.81. The molecule has 1 N–H and O–H groups in total. The fraction of sp³-hybridized carbons (Fsp3) is 0.600. The van der Waals surface area contributed by atoms with Gasteiger partial charge in [-0.2, -0.15) is 0 Å². The zero-order chi connectivity index (χ0) is 13.8. The molecule has 0 heterocycles. The molecule has 0 saturated heterocycles. The van der Waals surface area contributed by atoms with Gasteiger partial charge in [0.15, 0.2) is 0 Å². The standard InChI is InChI=1S/C15H22N2O2/c1-11-3-8-15(12(2)9-11)16-10-13-4-6-14(7-5-13)17(18)19/h4-7,11-12,15-16H,3,8-10H2,1-2H3. The lowest BCUT2D eigenvalue weighted by Gasteiger charge is -2.33. The third kappa shape index (κ3) is 3.77. The molecular weight excluding hydrogens is 240 g/mol. The summed E-state index contributed by atoms with van der Waals surface area (Å²) >= 11 is 0. The summed E-state index contributed by atoms with van der Waals surface area (Å²) in [7, 11) is 0. The van der Waals surface area contributed by atoms with Crippen molar-refractivity contribution >= 4 is 5.69 Å². The van der Waals surface area contributed by atoms with Gasteiger partial charge >= 0.3 is 0 Å². The van der Waals surface area contributed by atoms with Crippen molar-refractivity contribution in [3.8, 4) is 0 Å². The molecule has 0 radical (unpaired) electrons. The highest BCUT2D eigenvalue weighted by molar-refractivity contribution is 5.32. The predicted octanol–water partition coefficient (Wildman–Crippen LogP) is 3.51. The Morgan fingerprint density at radius 2 is 1.95 bits per heavy atom. The number of nitrogens with one attached hydrogen (secondary N) is 1. The van der Waals surface area contributed by atoms with Gasteiger partial charge in [-0.05, 0) is 36.7 Å². The lowest BCUT2D eigenvalue weighted by molar-refractivity contribution is -0.384. The number of hydrogen-bond acceptors (Lipinski definition) is 3. The summed E-state index contributed by atoms with van der Waals surface area (Å²) < 4.78 is 0. The van der Waals surface area contributed by atoms with Crippen molar-refractivity contribution in [2.24, 2.45) is 11.8 Å². The summed E-state index contributed by atoms with van der Waals surface area (Å²) in [6, 6.07) is 7.39. The quantitative estimate of drug-likeness (QED) is 0.667. The molecule has 0 aliphatic heterocycles. The number of non-ortho nitro benzene ring substituents is 1. The Kier molecular flexibility index (Phi) is 4.53. The maximum atomic E-state index is 10.6. The van der Waals surface area contributed by atoms with E-state index in [0.29, 0.717) is 12.0 Å². The molecule has 1 aliphatic carbocycles. The van der Waals surface area contributed by atoms with Gasteiger partial charge in [0.25, 0.3) is 5.69 Å². The van der Waals surface area contributed by atoms with E-state index in [-0.39, 0.29) is 10.6 Å². The molecule has 1 aliphatic rings. The van der Waals surface area contributed by atoms with E-state index >= 15 is 0 Å². The molecule has 104 valence electrons. The van der Waals surface area contributed by atoms with Crippen LogP contribution in [0, 0.1) is 22.0 Å². The lowest BCUT2D eigenvalue weighted by atomic mass is 9.80. The van der Waals surface area contributed by atoms with Gasteiger partial charge in [-0.3, -0.25) is 10.1 Å². The fourth-order valence-electron chi connectivity index (χ4n) is 2.95. The molecule has 0 bridgehead atoms. The first-order valence-electron chi connectivity index (χ1n) is 7.03. The van der Waals surface area contributed by atoms with Crippen molar-refractivity contribution in [3.63, 3.8) is 0 Å². The average molecular weight is 262 g/mol. The van der Waals surface area contributed by atoms with Crippen molar-refractivity contribution < 1.29 is 4.92 Å². The largest absolute Gasteiger partial charge is 0.310 e. The first-order valence-corrected chi connectivity index (χ1v) is 7.03. The number of hydrogen-bond donors (Lipinski definition) is 1. The minimum atomic E-state index is -0.359. The Balaban J connectivity index is 1.86. The molecule has 4 nitrogen and oxygen atoms in total. The Hall–Kier alpha value is -1.42. The summed E-state index contributed by atoms with van der Waals surface area (Å²) in [5.41, 5.74) is 1.26. The van der Waals surface area contributed by atoms with Gasteiger partial charge in [0.2, 0.25) is 0 Å². The first-order chi connectivity index (χ1) is 9.06. The van der Waals surface area contributed by atoms with E-state index in [0.717, 1.165) is 18.0 Å². The van der Waals surface area contributed by atoms with Crippen molar-refractivity contribution in [2.75, 3.05) is 0 Å². The van der Waals surface area contributed by atoms with Crippen LogP contribution in [0.2, 0.25) is 0 Å². The van der Waals surface area contributed by atoms with Crippen LogP contribution >= 0.6 is 0 Å². The zero-order valence-corrected chi connectivity index (χ0v) is 11.6. The maximum absolute atomic E-state index is 10.6. The fourth-order valence-corrected chi connectivity index (χ4v) is 2.95. The number of rotatable bonds is 4. The van der Waals surface area contributed by atoms with E-state index in [2.05, 4.69) is 19.2 Å². The maximum Gasteiger partial charge on any atom is 0.269 e. The van der Waals surface area contributed by atoms with E-state index in [4.69, 9.17) is 0 Å². The average Bonchev–Trinajstić information content (AvgIpc) is 2.38. The minimum Gasteiger partial charge on any atom is -0.310 e. The first kappa shape index (κ1) is 14.0. The number of nitro groups is 1. The molecule has 0 aromatic heterocycles. The van der Waals surface area contributed by atoms with Crippen LogP contribution in [0.15, 0.2) is 24.3 Å². The number of nitro benzene ring substituents is 1. The van der Waals surface area contributed by atoms with Crippen LogP contribution in [-0.2, 0) is 6.54 Å². The van der Waals surface area contributed by atoms with Gasteiger partial charge in [0.1, 0.15) is 0 Å². The zero-order valence-electron chi connectivity index (χ0n) is 11.6. The summed E-state index contributed by atoms with van der Waals surface area (Å²) in [6.45, 7) is 5.42. The van der Waals surface area contributed by atoms with E-state index in [9.17, 15) is 10.1 Å². The number of nitrogens with zero attached hydrogens (tertiary/aromatic N) is 1. The predicted molar refractivity (Wildman–Crippen MR) is 75.9 cm³/mol. The van der Waals surface area contributed by atoms with Gasteiger partial charge in [0.05, 0.1) is 4.92 Å². The molecule has 4 heteroatoms. The van der Waals surface area contributed by atoms with Crippen LogP contribution in [0.1, 0.15) is 38.7 Å². The van der Waals surface area contributed by atoms with Gasteiger partial charge in [0, 0.05) is 24.7 Å². The minimum absolute atomic E-state index is 0.156. The van der Waals surface area contributed by atoms with E-state index in [1.54, 1.807) is 12.1 Å². The van der Waals surface area contributed by atoms with Crippen LogP contribution in [0.4, 0.5) is 5.69 Å². The summed E-state index contributed by atoms with van der Waals surface area (Å²) in [5.74, 6) is 1.55. The second-order valence-electron chi connectivity index (χ2n) is 5.81. The van der Waals surface area contributed by atoms with Crippen LogP contribution in [0.5, 0.6) is 0 Å². The molecular formula is C15H22N2O2. The summed E-state index contributed by atoms with van der Waals surface area (Å²) in [5, 5.41) is 14.2. The van der Waals surface area contributed by atoms with Crippen LogP contribution < -0.4 is 5.32 Å². The highest BCUT2D eigenvalue weighted by Crippen LogP contribution is 2.28. The van der Waals surface area contributed by atoms with Gasteiger partial charge in [-0.25, -0.2) is 0 Å². The Morgan fingerprint density at radius 3 is 2.53 bits per heavy atom. The smallest absolute Gasteiger partial charge is 0.269 e. The Morgan fingerprint density at radius 1 is 1.26 bits per heavy atom. The van der Waals surface area contributed by atoms with Crippen LogP contribution in [-0.4, -0.2) is 11.0 Å². The van der Waals surface area contributed by atoms with Crippen LogP contribution in [0.3, 0.4) is 0 Å². The Bertz CT molecular complexity index is 430. The molecule has 3 unspecified atom stereocenters. The monoisotopic (exact) mass is 262 g/mol. The molecule has 0 amide bonds. The second kappa shape index (κ2) is 6.15.